The summed E-state index contributed by atoms with van der Waals surface area (Å²) in [6.07, 6.45) is 0. The molecule has 1 aromatic rings. The van der Waals surface area contributed by atoms with Gasteiger partial charge in [0, 0.05) is 4.90 Å². The summed E-state index contributed by atoms with van der Waals surface area (Å²) in [7, 11) is 0. The molecule has 0 aromatic heterocycles. The van der Waals surface area contributed by atoms with E-state index in [9.17, 15) is 0 Å². The Hall–Kier alpha value is -0.690. The molecule has 1 heteroatoms. The van der Waals surface area contributed by atoms with E-state index in [1.165, 1.54) is 0 Å². The lowest BCUT2D eigenvalue weighted by atomic mass is 10.2. The lowest BCUT2D eigenvalue weighted by Crippen LogP contribution is -1.69. The normalized spacial score (nSPS) is 13.1. The van der Waals surface area contributed by atoms with Crippen LogP contribution in [0.5, 0.6) is 0 Å². The van der Waals surface area contributed by atoms with Gasteiger partial charge in [-0.3, -0.25) is 0 Å². The molecule has 0 bridgehead atoms. The molecule has 0 aliphatic rings. The molecule has 0 N–H and O–H groups in total. The van der Waals surface area contributed by atoms with Gasteiger partial charge in [-0.1, -0.05) is 36.0 Å². The summed E-state index contributed by atoms with van der Waals surface area (Å²) in [6.45, 7) is 1.55. The van der Waals surface area contributed by atoms with E-state index in [4.69, 9.17) is 4.11 Å². The summed E-state index contributed by atoms with van der Waals surface area (Å²) in [6, 6.07) is 7.67. The molecule has 0 atom stereocenters. The summed E-state index contributed by atoms with van der Waals surface area (Å²) in [5.74, 6) is 0. The van der Waals surface area contributed by atoms with Crippen molar-refractivity contribution in [3.8, 4) is 0 Å². The highest BCUT2D eigenvalue weighted by Gasteiger charge is 1.86. The monoisotopic (exact) mass is 153 g/mol. The highest BCUT2D eigenvalue weighted by Crippen LogP contribution is 2.17. The fourth-order valence-corrected chi connectivity index (χ4v) is 1.06. The van der Waals surface area contributed by atoms with Gasteiger partial charge in [-0.05, 0) is 24.4 Å². The minimum absolute atomic E-state index is 0.0242. The standard InChI is InChI=1S/C9H10S/c1-3-10-9-6-4-8(2)5-7-9/h3-7H,1H2,2H3/i1D2,3D. The maximum atomic E-state index is 7.29. The lowest BCUT2D eigenvalue weighted by Gasteiger charge is -1.94. The van der Waals surface area contributed by atoms with Crippen molar-refractivity contribution in [2.24, 2.45) is 0 Å². The predicted octanol–water partition coefficient (Wildman–Crippen LogP) is 3.23. The van der Waals surface area contributed by atoms with Gasteiger partial charge in [0.2, 0.25) is 0 Å². The van der Waals surface area contributed by atoms with Crippen molar-refractivity contribution in [1.82, 2.24) is 0 Å². The average Bonchev–Trinajstić information content (AvgIpc) is 2.08. The van der Waals surface area contributed by atoms with Crippen molar-refractivity contribution < 1.29 is 4.11 Å². The van der Waals surface area contributed by atoms with Gasteiger partial charge in [0.15, 0.2) is 0 Å². The molecule has 52 valence electrons. The van der Waals surface area contributed by atoms with Crippen LogP contribution in [0.15, 0.2) is 41.1 Å². The first-order valence-corrected chi connectivity index (χ1v) is 3.80. The van der Waals surface area contributed by atoms with Crippen molar-refractivity contribution in [2.75, 3.05) is 0 Å². The van der Waals surface area contributed by atoms with Gasteiger partial charge in [-0.25, -0.2) is 0 Å². The second-order valence-corrected chi connectivity index (χ2v) is 2.90. The Morgan fingerprint density at radius 1 is 1.60 bits per heavy atom. The first-order chi connectivity index (χ1) is 6.09. The summed E-state index contributed by atoms with van der Waals surface area (Å²) >= 11 is 1.13. The molecule has 0 amide bonds. The zero-order valence-corrected chi connectivity index (χ0v) is 6.53. The Bertz CT molecular complexity index is 312. The van der Waals surface area contributed by atoms with Gasteiger partial charge in [-0.2, -0.15) is 0 Å². The van der Waals surface area contributed by atoms with Crippen LogP contribution in [-0.4, -0.2) is 0 Å². The molecule has 0 nitrogen and oxygen atoms in total. The third-order valence-electron chi connectivity index (χ3n) is 1.19. The molecule has 0 saturated heterocycles. The third kappa shape index (κ3) is 1.92. The summed E-state index contributed by atoms with van der Waals surface area (Å²) < 4.78 is 21.1. The number of hydrogen-bond acceptors (Lipinski definition) is 1. The minimum atomic E-state index is -0.439. The fraction of sp³-hybridized carbons (Fsp3) is 0.111. The van der Waals surface area contributed by atoms with Gasteiger partial charge < -0.3 is 0 Å². The average molecular weight is 153 g/mol. The number of aryl methyl sites for hydroxylation is 1. The van der Waals surface area contributed by atoms with Crippen LogP contribution in [0.4, 0.5) is 0 Å². The fourth-order valence-electron chi connectivity index (χ4n) is 0.665. The van der Waals surface area contributed by atoms with Crippen molar-refractivity contribution in [3.63, 3.8) is 0 Å². The number of hydrogen-bond donors (Lipinski definition) is 0. The van der Waals surface area contributed by atoms with Crippen molar-refractivity contribution in [1.29, 1.82) is 0 Å². The molecule has 0 radical (unpaired) electrons. The van der Waals surface area contributed by atoms with Gasteiger partial charge in [0.1, 0.15) is 0 Å². The molecule has 0 saturated carbocycles. The molecule has 0 unspecified atom stereocenters. The highest BCUT2D eigenvalue weighted by molar-refractivity contribution is 8.02. The molecule has 10 heavy (non-hydrogen) atoms. The number of benzene rings is 1. The third-order valence-corrected chi connectivity index (χ3v) is 1.80. The van der Waals surface area contributed by atoms with Crippen molar-refractivity contribution in [2.45, 2.75) is 11.8 Å². The summed E-state index contributed by atoms with van der Waals surface area (Å²) in [4.78, 5) is 0.896. The molecule has 0 fully saturated rings. The van der Waals surface area contributed by atoms with E-state index in [-0.39, 0.29) is 5.38 Å². The molecule has 0 heterocycles. The van der Waals surface area contributed by atoms with Crippen LogP contribution in [0.25, 0.3) is 0 Å². The molecular formula is C9H10S. The van der Waals surface area contributed by atoms with E-state index in [1.54, 1.807) is 0 Å². The summed E-state index contributed by atoms with van der Waals surface area (Å²) in [5, 5.41) is -0.0242. The molecule has 0 aliphatic heterocycles. The van der Waals surface area contributed by atoms with Crippen LogP contribution in [0.3, 0.4) is 0 Å². The van der Waals surface area contributed by atoms with Crippen LogP contribution < -0.4 is 0 Å². The van der Waals surface area contributed by atoms with Gasteiger partial charge in [0.25, 0.3) is 0 Å². The van der Waals surface area contributed by atoms with Crippen LogP contribution in [0.1, 0.15) is 9.68 Å². The quantitative estimate of drug-likeness (QED) is 0.588. The van der Waals surface area contributed by atoms with Gasteiger partial charge in [0.05, 0.1) is 4.11 Å². The smallest absolute Gasteiger partial charge is 0.0694 e. The van der Waals surface area contributed by atoms with E-state index in [1.807, 2.05) is 31.2 Å². The maximum absolute atomic E-state index is 7.29. The SMILES string of the molecule is [2H]C([2H])=C([2H])Sc1ccc(C)cc1. The Morgan fingerprint density at radius 3 is 2.90 bits per heavy atom. The van der Waals surface area contributed by atoms with E-state index < -0.39 is 6.53 Å². The van der Waals surface area contributed by atoms with Gasteiger partial charge in [-0.15, -0.1) is 0 Å². The lowest BCUT2D eigenvalue weighted by molar-refractivity contribution is 1.38. The van der Waals surface area contributed by atoms with Gasteiger partial charge >= 0.3 is 0 Å². The second kappa shape index (κ2) is 3.47. The Morgan fingerprint density at radius 2 is 2.30 bits per heavy atom. The number of thioether (sulfide) groups is 1. The molecular weight excluding hydrogens is 140 g/mol. The predicted molar refractivity (Wildman–Crippen MR) is 47.2 cm³/mol. The zero-order chi connectivity index (χ0) is 9.84. The minimum Gasteiger partial charge on any atom is -0.0987 e. The highest BCUT2D eigenvalue weighted by atomic mass is 32.2. The molecule has 0 aliphatic carbocycles. The molecule has 0 spiro atoms. The Balaban J connectivity index is 2.76. The topological polar surface area (TPSA) is 0 Å². The van der Waals surface area contributed by atoms with E-state index in [2.05, 4.69) is 0 Å². The van der Waals surface area contributed by atoms with E-state index >= 15 is 0 Å². The Labute approximate surface area is 70.2 Å². The number of rotatable bonds is 2. The van der Waals surface area contributed by atoms with E-state index in [0.29, 0.717) is 0 Å². The van der Waals surface area contributed by atoms with Crippen LogP contribution in [0.2, 0.25) is 0 Å². The molecule has 1 aromatic carbocycles. The zero-order valence-electron chi connectivity index (χ0n) is 8.72. The first kappa shape index (κ1) is 4.24. The maximum Gasteiger partial charge on any atom is 0.0694 e. The second-order valence-electron chi connectivity index (χ2n) is 2.02. The van der Waals surface area contributed by atoms with Crippen molar-refractivity contribution >= 4 is 11.8 Å². The first-order valence-electron chi connectivity index (χ1n) is 4.48. The molecule has 1 rings (SSSR count). The van der Waals surface area contributed by atoms with Crippen LogP contribution in [-0.2, 0) is 0 Å². The largest absolute Gasteiger partial charge is 0.0987 e. The Kier molecular flexibility index (Phi) is 1.47. The van der Waals surface area contributed by atoms with Crippen LogP contribution in [0, 0.1) is 6.92 Å². The summed E-state index contributed by atoms with van der Waals surface area (Å²) in [5.41, 5.74) is 1.16. The van der Waals surface area contributed by atoms with Crippen molar-refractivity contribution in [3.05, 3.63) is 41.7 Å². The van der Waals surface area contributed by atoms with E-state index in [0.717, 1.165) is 22.2 Å². The van der Waals surface area contributed by atoms with Crippen LogP contribution >= 0.6 is 11.8 Å².